The van der Waals surface area contributed by atoms with Gasteiger partial charge in [0.1, 0.15) is 12.7 Å². The van der Waals surface area contributed by atoms with Gasteiger partial charge in [-0.3, -0.25) is 19.4 Å². The number of Topliss-reactive ketones (excluding diaryl/α,β-unsaturated/α-hetero) is 1. The van der Waals surface area contributed by atoms with Gasteiger partial charge < -0.3 is 24.2 Å². The van der Waals surface area contributed by atoms with Crippen molar-refractivity contribution in [3.05, 3.63) is 23.8 Å². The first-order valence-corrected chi connectivity index (χ1v) is 10.8. The van der Waals surface area contributed by atoms with E-state index in [1.165, 1.54) is 14.0 Å². The first-order valence-electron chi connectivity index (χ1n) is 10.8. The molecule has 0 spiro atoms. The van der Waals surface area contributed by atoms with Crippen LogP contribution in [-0.2, 0) is 9.53 Å². The number of aliphatic hydroxyl groups is 1. The van der Waals surface area contributed by atoms with Gasteiger partial charge >= 0.3 is 0 Å². The highest BCUT2D eigenvalue weighted by Crippen LogP contribution is 2.28. The van der Waals surface area contributed by atoms with Gasteiger partial charge in [-0.1, -0.05) is 0 Å². The maximum atomic E-state index is 12.4. The SMILES string of the molecule is COc1cc(C(C)=O)ccc1OCC(O)CN1CCN(CC(=O)N2CCOCC2)CC1. The van der Waals surface area contributed by atoms with Crippen LogP contribution in [0.5, 0.6) is 11.5 Å². The first-order chi connectivity index (χ1) is 15.0. The highest BCUT2D eigenvalue weighted by Gasteiger charge is 2.24. The number of nitrogens with zero attached hydrogens (tertiary/aromatic N) is 3. The van der Waals surface area contributed by atoms with Gasteiger partial charge in [0.05, 0.1) is 26.9 Å². The number of ether oxygens (including phenoxy) is 3. The lowest BCUT2D eigenvalue weighted by Gasteiger charge is -2.36. The second-order valence-corrected chi connectivity index (χ2v) is 7.96. The van der Waals surface area contributed by atoms with E-state index in [9.17, 15) is 14.7 Å². The van der Waals surface area contributed by atoms with Gasteiger partial charge in [0.15, 0.2) is 17.3 Å². The number of benzene rings is 1. The predicted octanol–water partition coefficient (Wildman–Crippen LogP) is 0.114. The van der Waals surface area contributed by atoms with Crippen LogP contribution < -0.4 is 9.47 Å². The quantitative estimate of drug-likeness (QED) is 0.547. The number of ketones is 1. The van der Waals surface area contributed by atoms with Gasteiger partial charge in [0.25, 0.3) is 0 Å². The summed E-state index contributed by atoms with van der Waals surface area (Å²) in [6.45, 7) is 8.33. The molecule has 2 aliphatic rings. The standard InChI is InChI=1S/C22H33N3O6/c1-17(26)18-3-4-20(21(13-18)29-2)31-16-19(27)14-23-5-7-24(8-6-23)15-22(28)25-9-11-30-12-10-25/h3-4,13,19,27H,5-12,14-16H2,1-2H3. The summed E-state index contributed by atoms with van der Waals surface area (Å²) in [5.74, 6) is 1.09. The number of piperazine rings is 1. The van der Waals surface area contributed by atoms with Crippen molar-refractivity contribution in [2.24, 2.45) is 0 Å². The number of hydrogen-bond acceptors (Lipinski definition) is 8. The van der Waals surface area contributed by atoms with Crippen LogP contribution in [0.2, 0.25) is 0 Å². The number of hydrogen-bond donors (Lipinski definition) is 1. The topological polar surface area (TPSA) is 91.8 Å². The number of methoxy groups -OCH3 is 1. The summed E-state index contributed by atoms with van der Waals surface area (Å²) in [7, 11) is 1.52. The lowest BCUT2D eigenvalue weighted by Crippen LogP contribution is -2.52. The molecule has 3 rings (SSSR count). The minimum absolute atomic E-state index is 0.0457. The summed E-state index contributed by atoms with van der Waals surface area (Å²) >= 11 is 0. The fourth-order valence-electron chi connectivity index (χ4n) is 3.78. The molecule has 1 N–H and O–H groups in total. The van der Waals surface area contributed by atoms with E-state index in [1.54, 1.807) is 18.2 Å². The number of β-amino-alcohol motifs (C(OH)–C–C–N with tert-alkyl or cyclic N) is 1. The average molecular weight is 436 g/mol. The molecule has 31 heavy (non-hydrogen) atoms. The molecule has 9 nitrogen and oxygen atoms in total. The lowest BCUT2D eigenvalue weighted by atomic mass is 10.1. The number of rotatable bonds is 9. The molecule has 2 aliphatic heterocycles. The molecule has 172 valence electrons. The zero-order chi connectivity index (χ0) is 22.2. The van der Waals surface area contributed by atoms with Gasteiger partial charge in [0, 0.05) is 51.4 Å². The third kappa shape index (κ3) is 6.90. The van der Waals surface area contributed by atoms with Crippen LogP contribution in [-0.4, -0.2) is 117 Å². The molecule has 1 atom stereocenters. The largest absolute Gasteiger partial charge is 0.493 e. The van der Waals surface area contributed by atoms with Gasteiger partial charge in [-0.2, -0.15) is 0 Å². The van der Waals surface area contributed by atoms with Crippen molar-refractivity contribution < 1.29 is 28.9 Å². The van der Waals surface area contributed by atoms with Crippen LogP contribution in [0.25, 0.3) is 0 Å². The van der Waals surface area contributed by atoms with E-state index in [4.69, 9.17) is 14.2 Å². The van der Waals surface area contributed by atoms with Crippen LogP contribution in [0.1, 0.15) is 17.3 Å². The monoisotopic (exact) mass is 435 g/mol. The number of morpholine rings is 1. The molecular formula is C22H33N3O6. The van der Waals surface area contributed by atoms with Gasteiger partial charge in [-0.25, -0.2) is 0 Å². The summed E-state index contributed by atoms with van der Waals surface area (Å²) in [5, 5.41) is 10.4. The van der Waals surface area contributed by atoms with Crippen LogP contribution in [0.15, 0.2) is 18.2 Å². The van der Waals surface area contributed by atoms with E-state index < -0.39 is 6.10 Å². The molecule has 2 fully saturated rings. The third-order valence-electron chi connectivity index (χ3n) is 5.66. The fraction of sp³-hybridized carbons (Fsp3) is 0.636. The molecule has 2 heterocycles. The zero-order valence-electron chi connectivity index (χ0n) is 18.4. The summed E-state index contributed by atoms with van der Waals surface area (Å²) < 4.78 is 16.3. The van der Waals surface area contributed by atoms with Crippen LogP contribution >= 0.6 is 0 Å². The smallest absolute Gasteiger partial charge is 0.236 e. The molecule has 9 heteroatoms. The Morgan fingerprint density at radius 3 is 2.39 bits per heavy atom. The van der Waals surface area contributed by atoms with Crippen molar-refractivity contribution in [2.75, 3.05) is 79.3 Å². The maximum Gasteiger partial charge on any atom is 0.236 e. The molecule has 2 saturated heterocycles. The Hall–Kier alpha value is -2.20. The first kappa shape index (κ1) is 23.5. The van der Waals surface area contributed by atoms with Crippen molar-refractivity contribution in [3.63, 3.8) is 0 Å². The molecule has 1 aromatic rings. The highest BCUT2D eigenvalue weighted by molar-refractivity contribution is 5.94. The lowest BCUT2D eigenvalue weighted by molar-refractivity contribution is -0.137. The summed E-state index contributed by atoms with van der Waals surface area (Å²) in [6, 6.07) is 5.01. The Morgan fingerprint density at radius 1 is 1.06 bits per heavy atom. The van der Waals surface area contributed by atoms with Gasteiger partial charge in [-0.15, -0.1) is 0 Å². The molecule has 0 aromatic heterocycles. The Morgan fingerprint density at radius 2 is 1.74 bits per heavy atom. The van der Waals surface area contributed by atoms with E-state index >= 15 is 0 Å². The number of aliphatic hydroxyl groups excluding tert-OH is 1. The van der Waals surface area contributed by atoms with Crippen LogP contribution in [0, 0.1) is 0 Å². The summed E-state index contributed by atoms with van der Waals surface area (Å²) in [4.78, 5) is 30.1. The number of amides is 1. The van der Waals surface area contributed by atoms with Crippen molar-refractivity contribution in [1.29, 1.82) is 0 Å². The molecule has 1 amide bonds. The van der Waals surface area contributed by atoms with E-state index in [0.29, 0.717) is 56.5 Å². The Kier molecular flexibility index (Phi) is 8.65. The normalized spacial score (nSPS) is 19.1. The number of carbonyl (C=O) groups excluding carboxylic acids is 2. The second-order valence-electron chi connectivity index (χ2n) is 7.96. The van der Waals surface area contributed by atoms with Crippen molar-refractivity contribution >= 4 is 11.7 Å². The Balaban J connectivity index is 1.38. The zero-order valence-corrected chi connectivity index (χ0v) is 18.4. The van der Waals surface area contributed by atoms with Crippen molar-refractivity contribution in [1.82, 2.24) is 14.7 Å². The van der Waals surface area contributed by atoms with Crippen LogP contribution in [0.4, 0.5) is 0 Å². The number of carbonyl (C=O) groups is 2. The predicted molar refractivity (Wildman–Crippen MR) is 115 cm³/mol. The highest BCUT2D eigenvalue weighted by atomic mass is 16.5. The van der Waals surface area contributed by atoms with E-state index in [1.807, 2.05) is 4.90 Å². The Bertz CT molecular complexity index is 745. The summed E-state index contributed by atoms with van der Waals surface area (Å²) in [6.07, 6.45) is -0.654. The third-order valence-corrected chi connectivity index (χ3v) is 5.66. The molecule has 0 radical (unpaired) electrons. The second kappa shape index (κ2) is 11.4. The molecular weight excluding hydrogens is 402 g/mol. The minimum Gasteiger partial charge on any atom is -0.493 e. The summed E-state index contributed by atoms with van der Waals surface area (Å²) in [5.41, 5.74) is 0.551. The van der Waals surface area contributed by atoms with E-state index in [2.05, 4.69) is 9.80 Å². The fourth-order valence-corrected chi connectivity index (χ4v) is 3.78. The van der Waals surface area contributed by atoms with Gasteiger partial charge in [-0.05, 0) is 25.1 Å². The molecule has 1 aromatic carbocycles. The van der Waals surface area contributed by atoms with Crippen molar-refractivity contribution in [2.45, 2.75) is 13.0 Å². The minimum atomic E-state index is -0.654. The Labute approximate surface area is 183 Å². The molecule has 0 bridgehead atoms. The average Bonchev–Trinajstić information content (AvgIpc) is 2.79. The van der Waals surface area contributed by atoms with Gasteiger partial charge in [0.2, 0.25) is 5.91 Å². The van der Waals surface area contributed by atoms with Crippen molar-refractivity contribution in [3.8, 4) is 11.5 Å². The van der Waals surface area contributed by atoms with E-state index in [0.717, 1.165) is 26.2 Å². The maximum absolute atomic E-state index is 12.4. The van der Waals surface area contributed by atoms with Crippen LogP contribution in [0.3, 0.4) is 0 Å². The molecule has 0 aliphatic carbocycles. The molecule has 0 saturated carbocycles. The van der Waals surface area contributed by atoms with E-state index in [-0.39, 0.29) is 18.3 Å². The molecule has 1 unspecified atom stereocenters.